The lowest BCUT2D eigenvalue weighted by atomic mass is 9.80. The van der Waals surface area contributed by atoms with Gasteiger partial charge in [-0.1, -0.05) is 5.92 Å². The van der Waals surface area contributed by atoms with E-state index in [-0.39, 0.29) is 34.6 Å². The summed E-state index contributed by atoms with van der Waals surface area (Å²) in [4.78, 5) is 11.9. The van der Waals surface area contributed by atoms with Gasteiger partial charge in [0.1, 0.15) is 6.10 Å². The molecule has 0 atom stereocenters. The number of esters is 1. The molecule has 1 aliphatic rings. The van der Waals surface area contributed by atoms with Gasteiger partial charge in [0.15, 0.2) is 0 Å². The van der Waals surface area contributed by atoms with E-state index in [0.29, 0.717) is 12.8 Å². The van der Waals surface area contributed by atoms with Gasteiger partial charge in [-0.25, -0.2) is 4.79 Å². The Kier molecular flexibility index (Phi) is 12.0. The van der Waals surface area contributed by atoms with Gasteiger partial charge in [0, 0.05) is 70.2 Å². The molecule has 4 heteroatoms. The molecule has 0 aliphatic carbocycles. The summed E-state index contributed by atoms with van der Waals surface area (Å²) in [7, 11) is 0. The van der Waals surface area contributed by atoms with Crippen LogP contribution in [0.25, 0.3) is 0 Å². The van der Waals surface area contributed by atoms with Crippen molar-refractivity contribution in [1.82, 2.24) is 5.06 Å². The Morgan fingerprint density at radius 1 is 0.686 bits per heavy atom. The zero-order chi connectivity index (χ0) is 26.0. The third-order valence-electron chi connectivity index (χ3n) is 4.23. The first kappa shape index (κ1) is 28.0. The zero-order valence-corrected chi connectivity index (χ0v) is 20.2. The van der Waals surface area contributed by atoms with E-state index < -0.39 is 17.0 Å². The summed E-state index contributed by atoms with van der Waals surface area (Å²) in [5, 5.41) is 11.6. The Hall–Kier alpha value is -5.01. The van der Waals surface area contributed by atoms with E-state index in [1.165, 1.54) is 5.06 Å². The molecular formula is C31H61NO3. The van der Waals surface area contributed by atoms with Crippen molar-refractivity contribution in [1.29, 1.82) is 0 Å². The smallest absolute Gasteiger partial charge is 0.385 e. The molecule has 1 heterocycles. The van der Waals surface area contributed by atoms with Crippen LogP contribution in [0.4, 0.5) is 0 Å². The Labute approximate surface area is 238 Å². The molecule has 4 nitrogen and oxygen atoms in total. The van der Waals surface area contributed by atoms with Crippen molar-refractivity contribution < 1.29 is 43.3 Å². The number of hydrogen-bond donors (Lipinski definition) is 1. The number of hydrogen-bond acceptors (Lipinski definition) is 4. The number of ether oxygens (including phenoxy) is 1. The van der Waals surface area contributed by atoms with Gasteiger partial charge >= 0.3 is 5.97 Å². The lowest BCUT2D eigenvalue weighted by molar-refractivity contribution is -0.258. The lowest BCUT2D eigenvalue weighted by Gasteiger charge is -2.50. The van der Waals surface area contributed by atoms with E-state index in [1.54, 1.807) is 6.92 Å². The fourth-order valence-corrected chi connectivity index (χ4v) is 3.09. The number of carbonyl (C=O) groups is 1. The molecule has 1 aliphatic heterocycles. The summed E-state index contributed by atoms with van der Waals surface area (Å²) < 4.78 is 5.42. The summed E-state index contributed by atoms with van der Waals surface area (Å²) in [5.41, 5.74) is -1.03. The number of hydroxylamine groups is 2. The second-order valence-corrected chi connectivity index (χ2v) is 8.00. The highest BCUT2D eigenvalue weighted by Crippen LogP contribution is 2.37. The molecule has 0 bridgehead atoms. The summed E-state index contributed by atoms with van der Waals surface area (Å²) in [6, 6.07) is 0. The van der Waals surface area contributed by atoms with E-state index in [1.807, 2.05) is 27.7 Å². The monoisotopic (exact) mass is 495 g/mol. The SMILES string of the molecule is CC#CC#CC#CC#CC#CC#CC#CC#CC#CC#CC(=O)OC1CC(C)(C)N(O)C(C)(C)C1.[HH].[HH].[HH].[HH].[HH].[HH].[HH].[HH].[HH].[HH].[HH].[HH].[HH].[HH].[HH].[HH].[HH].[HH].[HH].[HH]. The van der Waals surface area contributed by atoms with Crippen LogP contribution >= 0.6 is 0 Å². The average Bonchev–Trinajstić information content (AvgIpc) is 2.78. The van der Waals surface area contributed by atoms with Gasteiger partial charge in [0.25, 0.3) is 0 Å². The number of rotatable bonds is 1. The minimum atomic E-state index is -0.668. The highest BCUT2D eigenvalue weighted by atomic mass is 16.5. The number of carbonyl (C=O) groups excluding carboxylic acids is 1. The van der Waals surface area contributed by atoms with Crippen LogP contribution in [-0.2, 0) is 9.53 Å². The minimum absolute atomic E-state index is 0. The van der Waals surface area contributed by atoms with Crippen LogP contribution in [0.5, 0.6) is 0 Å². The highest BCUT2D eigenvalue weighted by Gasteiger charge is 2.46. The maximum absolute atomic E-state index is 11.9. The molecule has 0 aromatic carbocycles. The van der Waals surface area contributed by atoms with Crippen LogP contribution in [0.1, 0.15) is 76.0 Å². The van der Waals surface area contributed by atoms with Crippen LogP contribution in [0.2, 0.25) is 0 Å². The average molecular weight is 496 g/mol. The second kappa shape index (κ2) is 14.9. The molecule has 208 valence electrons. The van der Waals surface area contributed by atoms with Crippen molar-refractivity contribution in [2.24, 2.45) is 0 Å². The largest absolute Gasteiger partial charge is 0.453 e. The van der Waals surface area contributed by atoms with Gasteiger partial charge in [-0.3, -0.25) is 0 Å². The van der Waals surface area contributed by atoms with Crippen molar-refractivity contribution in [3.63, 3.8) is 0 Å². The van der Waals surface area contributed by atoms with E-state index >= 15 is 0 Å². The first-order valence-corrected chi connectivity index (χ1v) is 10.3. The third kappa shape index (κ3) is 12.0. The first-order valence-electron chi connectivity index (χ1n) is 10.3. The Balaban J connectivity index is -0.0000000340. The molecule has 35 heavy (non-hydrogen) atoms. The minimum Gasteiger partial charge on any atom is -0.453 e. The van der Waals surface area contributed by atoms with Crippen LogP contribution < -0.4 is 0 Å². The third-order valence-corrected chi connectivity index (χ3v) is 4.23. The lowest BCUT2D eigenvalue weighted by Crippen LogP contribution is -2.60. The highest BCUT2D eigenvalue weighted by molar-refractivity contribution is 5.89. The van der Waals surface area contributed by atoms with E-state index in [0.717, 1.165) is 0 Å². The van der Waals surface area contributed by atoms with Gasteiger partial charge in [-0.2, -0.15) is 5.06 Å². The molecule has 0 radical (unpaired) electrons. The van der Waals surface area contributed by atoms with Crippen LogP contribution in [0.15, 0.2) is 0 Å². The van der Waals surface area contributed by atoms with E-state index in [2.05, 4.69) is 118 Å². The number of nitrogens with zero attached hydrogens (tertiary/aromatic N) is 1. The predicted octanol–water partition coefficient (Wildman–Crippen LogP) is 6.91. The Bertz CT molecular complexity index is 1510. The Morgan fingerprint density at radius 3 is 1.34 bits per heavy atom. The molecule has 0 amide bonds. The van der Waals surface area contributed by atoms with Gasteiger partial charge < -0.3 is 9.94 Å². The van der Waals surface area contributed by atoms with E-state index in [4.69, 9.17) is 4.74 Å². The van der Waals surface area contributed by atoms with Crippen LogP contribution in [0, 0.1) is 118 Å². The summed E-state index contributed by atoms with van der Waals surface area (Å²) in [5.74, 6) is 49.2. The molecule has 0 spiro atoms. The molecule has 0 aromatic heterocycles. The standard InChI is InChI=1S/C31H21NO3.20H2/c1-6-7-8-9-10-11-12-13-14-15-16-17-18-19-20-21-22-23-24-25-29(33)35-28-26-30(2,3)32(34)31(4,5)27-28;;;;;;;;;;;;;;;;;;;;/h28,34H,26-27H2,1-5H3;20*1H. The molecular weight excluding hydrogens is 434 g/mol. The van der Waals surface area contributed by atoms with Crippen molar-refractivity contribution in [2.75, 3.05) is 0 Å². The molecule has 1 N–H and O–H groups in total. The molecule has 1 fully saturated rings. The topological polar surface area (TPSA) is 49.8 Å². The quantitative estimate of drug-likeness (QED) is 0.244. The van der Waals surface area contributed by atoms with Crippen LogP contribution in [0.3, 0.4) is 0 Å². The predicted molar refractivity (Wildman–Crippen MR) is 177 cm³/mol. The molecule has 1 saturated heterocycles. The van der Waals surface area contributed by atoms with Crippen molar-refractivity contribution >= 4 is 5.97 Å². The molecule has 1 rings (SSSR count). The fraction of sp³-hybridized carbons (Fsp3) is 0.323. The van der Waals surface area contributed by atoms with Gasteiger partial charge in [0.2, 0.25) is 0 Å². The fourth-order valence-electron chi connectivity index (χ4n) is 3.09. The zero-order valence-electron chi connectivity index (χ0n) is 20.2. The van der Waals surface area contributed by atoms with Crippen molar-refractivity contribution in [3.8, 4) is 118 Å². The maximum atomic E-state index is 11.9. The molecule has 0 unspecified atom stereocenters. The van der Waals surface area contributed by atoms with Crippen molar-refractivity contribution in [3.05, 3.63) is 0 Å². The van der Waals surface area contributed by atoms with Gasteiger partial charge in [-0.15, -0.1) is 0 Å². The summed E-state index contributed by atoms with van der Waals surface area (Å²) >= 11 is 0. The summed E-state index contributed by atoms with van der Waals surface area (Å²) in [6.45, 7) is 9.25. The molecule has 0 aromatic rings. The number of piperidine rings is 1. The first-order chi connectivity index (χ1) is 16.7. The van der Waals surface area contributed by atoms with Gasteiger partial charge in [-0.05, 0) is 129 Å². The van der Waals surface area contributed by atoms with Gasteiger partial charge in [0.05, 0.1) is 0 Å². The molecule has 0 saturated carbocycles. The van der Waals surface area contributed by atoms with Crippen LogP contribution in [-0.4, -0.2) is 33.4 Å². The Morgan fingerprint density at radius 2 is 1.00 bits per heavy atom. The maximum Gasteiger partial charge on any atom is 0.385 e. The second-order valence-electron chi connectivity index (χ2n) is 8.00. The van der Waals surface area contributed by atoms with E-state index in [9.17, 15) is 10.0 Å². The summed E-state index contributed by atoms with van der Waals surface area (Å²) in [6.07, 6.45) is 0.654. The van der Waals surface area contributed by atoms with Crippen molar-refractivity contribution in [2.45, 2.75) is 64.6 Å². The normalized spacial score (nSPS) is 13.5.